The zero-order valence-corrected chi connectivity index (χ0v) is 13.9. The summed E-state index contributed by atoms with van der Waals surface area (Å²) in [5, 5.41) is 0.341. The summed E-state index contributed by atoms with van der Waals surface area (Å²) in [6.45, 7) is 16.1. The SMILES string of the molecule is [CH2-]CCCO[Si](C)(C)C(C)(C)C.[Zn]. The van der Waals surface area contributed by atoms with Crippen LogP contribution in [0.15, 0.2) is 0 Å². The zero-order valence-electron chi connectivity index (χ0n) is 9.94. The molecule has 1 nitrogen and oxygen atoms in total. The van der Waals surface area contributed by atoms with Gasteiger partial charge < -0.3 is 11.3 Å². The van der Waals surface area contributed by atoms with Crippen LogP contribution in [0.2, 0.25) is 18.1 Å². The minimum atomic E-state index is -1.47. The fourth-order valence-corrected chi connectivity index (χ4v) is 1.73. The molecule has 0 aliphatic rings. The quantitative estimate of drug-likeness (QED) is 0.422. The van der Waals surface area contributed by atoms with Crippen LogP contribution < -0.4 is 0 Å². The number of hydrogen-bond acceptors (Lipinski definition) is 1. The van der Waals surface area contributed by atoms with Crippen molar-refractivity contribution in [3.05, 3.63) is 6.92 Å². The molecule has 0 atom stereocenters. The first kappa shape index (κ1) is 16.2. The average Bonchev–Trinajstić information content (AvgIpc) is 1.85. The van der Waals surface area contributed by atoms with Crippen molar-refractivity contribution >= 4 is 8.32 Å². The zero-order chi connectivity index (χ0) is 9.83. The largest absolute Gasteiger partial charge is 0.417 e. The number of hydrogen-bond donors (Lipinski definition) is 0. The van der Waals surface area contributed by atoms with E-state index in [9.17, 15) is 0 Å². The molecule has 76 valence electrons. The summed E-state index contributed by atoms with van der Waals surface area (Å²) in [5.74, 6) is 0. The Morgan fingerprint density at radius 3 is 2.00 bits per heavy atom. The molecule has 0 aromatic rings. The Hall–Kier alpha value is 0.800. The summed E-state index contributed by atoms with van der Waals surface area (Å²) in [6.07, 6.45) is 2.07. The third kappa shape index (κ3) is 5.98. The topological polar surface area (TPSA) is 9.23 Å². The Bertz CT molecular complexity index is 129. The summed E-state index contributed by atoms with van der Waals surface area (Å²) in [6, 6.07) is 0. The number of unbranched alkanes of at least 4 members (excludes halogenated alkanes) is 1. The maximum absolute atomic E-state index is 5.93. The molecule has 0 bridgehead atoms. The molecule has 3 heteroatoms. The van der Waals surface area contributed by atoms with Gasteiger partial charge in [0.2, 0.25) is 0 Å². The maximum atomic E-state index is 5.93. The van der Waals surface area contributed by atoms with E-state index in [1.54, 1.807) is 0 Å². The van der Waals surface area contributed by atoms with Gasteiger partial charge in [0.15, 0.2) is 8.32 Å². The molecular weight excluding hydrogens is 230 g/mol. The van der Waals surface area contributed by atoms with Crippen LogP contribution in [0.25, 0.3) is 0 Å². The van der Waals surface area contributed by atoms with E-state index in [-0.39, 0.29) is 19.5 Å². The van der Waals surface area contributed by atoms with Gasteiger partial charge in [0.05, 0.1) is 0 Å². The smallest absolute Gasteiger partial charge is 0.191 e. The van der Waals surface area contributed by atoms with Gasteiger partial charge in [-0.3, -0.25) is 0 Å². The van der Waals surface area contributed by atoms with Crippen molar-refractivity contribution in [3.63, 3.8) is 0 Å². The van der Waals surface area contributed by atoms with Crippen molar-refractivity contribution in [1.29, 1.82) is 0 Å². The van der Waals surface area contributed by atoms with Gasteiger partial charge in [-0.05, 0) is 18.1 Å². The maximum Gasteiger partial charge on any atom is 0.191 e. The van der Waals surface area contributed by atoms with Crippen LogP contribution >= 0.6 is 0 Å². The van der Waals surface area contributed by atoms with E-state index in [0.29, 0.717) is 5.04 Å². The van der Waals surface area contributed by atoms with Crippen molar-refractivity contribution in [3.8, 4) is 0 Å². The standard InChI is InChI=1S/C10H23OSi.Zn/c1-7-8-9-11-12(5,6)10(2,3)4;/h1,7-9H2,2-6H3;/q-1;. The van der Waals surface area contributed by atoms with E-state index in [4.69, 9.17) is 4.43 Å². The van der Waals surface area contributed by atoms with Crippen LogP contribution in [-0.2, 0) is 23.9 Å². The average molecular weight is 253 g/mol. The molecule has 0 aliphatic heterocycles. The molecule has 0 heterocycles. The normalized spacial score (nSPS) is 12.5. The van der Waals surface area contributed by atoms with Crippen LogP contribution in [-0.4, -0.2) is 14.9 Å². The first-order chi connectivity index (χ1) is 5.31. The first-order valence-corrected chi connectivity index (χ1v) is 7.65. The summed E-state index contributed by atoms with van der Waals surface area (Å²) < 4.78 is 5.93. The van der Waals surface area contributed by atoms with Gasteiger partial charge in [-0.1, -0.05) is 27.2 Å². The van der Waals surface area contributed by atoms with Gasteiger partial charge in [-0.2, -0.15) is 6.42 Å². The Labute approximate surface area is 97.5 Å². The van der Waals surface area contributed by atoms with Crippen molar-refractivity contribution < 1.29 is 23.9 Å². The molecule has 0 aliphatic carbocycles. The van der Waals surface area contributed by atoms with E-state index >= 15 is 0 Å². The van der Waals surface area contributed by atoms with Gasteiger partial charge in [0.25, 0.3) is 0 Å². The van der Waals surface area contributed by atoms with Gasteiger partial charge in [-0.25, -0.2) is 0 Å². The monoisotopic (exact) mass is 251 g/mol. The molecule has 0 unspecified atom stereocenters. The minimum absolute atomic E-state index is 0. The third-order valence-corrected chi connectivity index (χ3v) is 7.20. The summed E-state index contributed by atoms with van der Waals surface area (Å²) in [4.78, 5) is 0. The second-order valence-electron chi connectivity index (χ2n) is 4.82. The van der Waals surface area contributed by atoms with E-state index in [1.807, 2.05) is 0 Å². The summed E-state index contributed by atoms with van der Waals surface area (Å²) in [5.41, 5.74) is 0. The summed E-state index contributed by atoms with van der Waals surface area (Å²) >= 11 is 0. The molecule has 0 N–H and O–H groups in total. The van der Waals surface area contributed by atoms with Gasteiger partial charge in [-0.15, -0.1) is 0 Å². The Morgan fingerprint density at radius 1 is 1.23 bits per heavy atom. The van der Waals surface area contributed by atoms with Crippen molar-refractivity contribution in [1.82, 2.24) is 0 Å². The van der Waals surface area contributed by atoms with Crippen molar-refractivity contribution in [2.24, 2.45) is 0 Å². The van der Waals surface area contributed by atoms with Gasteiger partial charge >= 0.3 is 0 Å². The predicted octanol–water partition coefficient (Wildman–Crippen LogP) is 3.62. The van der Waals surface area contributed by atoms with Crippen LogP contribution in [0.5, 0.6) is 0 Å². The molecule has 0 fully saturated rings. The van der Waals surface area contributed by atoms with Crippen LogP contribution in [0.4, 0.5) is 0 Å². The predicted molar refractivity (Wildman–Crippen MR) is 57.7 cm³/mol. The summed E-state index contributed by atoms with van der Waals surface area (Å²) in [7, 11) is -1.47. The van der Waals surface area contributed by atoms with Crippen molar-refractivity contribution in [2.75, 3.05) is 6.61 Å². The second-order valence-corrected chi connectivity index (χ2v) is 9.63. The molecular formula is C10H23OSiZn-. The molecule has 0 saturated carbocycles. The Morgan fingerprint density at radius 2 is 1.69 bits per heavy atom. The second kappa shape index (κ2) is 6.31. The van der Waals surface area contributed by atoms with E-state index in [1.165, 1.54) is 0 Å². The Kier molecular flexibility index (Phi) is 7.89. The molecule has 0 aromatic carbocycles. The molecule has 13 heavy (non-hydrogen) atoms. The van der Waals surface area contributed by atoms with E-state index in [2.05, 4.69) is 40.8 Å². The molecule has 0 amide bonds. The van der Waals surface area contributed by atoms with E-state index in [0.717, 1.165) is 19.4 Å². The fourth-order valence-electron chi connectivity index (χ4n) is 0.646. The number of rotatable bonds is 4. The Balaban J connectivity index is 0. The first-order valence-electron chi connectivity index (χ1n) is 4.74. The van der Waals surface area contributed by atoms with Crippen molar-refractivity contribution in [2.45, 2.75) is 51.7 Å². The molecule has 0 aromatic heterocycles. The molecule has 0 spiro atoms. The van der Waals surface area contributed by atoms with Crippen LogP contribution in [0.1, 0.15) is 33.6 Å². The third-order valence-electron chi connectivity index (χ3n) is 2.66. The van der Waals surface area contributed by atoms with Gasteiger partial charge in [0, 0.05) is 26.1 Å². The van der Waals surface area contributed by atoms with Crippen LogP contribution in [0.3, 0.4) is 0 Å². The fraction of sp³-hybridized carbons (Fsp3) is 0.900. The van der Waals surface area contributed by atoms with E-state index < -0.39 is 8.32 Å². The molecule has 0 radical (unpaired) electrons. The molecule has 0 saturated heterocycles. The van der Waals surface area contributed by atoms with Crippen LogP contribution in [0, 0.1) is 6.92 Å². The molecule has 0 rings (SSSR count). The van der Waals surface area contributed by atoms with Gasteiger partial charge in [0.1, 0.15) is 0 Å². The minimum Gasteiger partial charge on any atom is -0.417 e.